The van der Waals surface area contributed by atoms with Gasteiger partial charge in [-0.2, -0.15) is 4.98 Å². The average Bonchev–Trinajstić information content (AvgIpc) is 3.06. The van der Waals surface area contributed by atoms with Gasteiger partial charge in [-0.1, -0.05) is 61.3 Å². The number of amides is 2. The quantitative estimate of drug-likeness (QED) is 0.300. The maximum atomic E-state index is 13.1. The standard InChI is InChI=1S/C26H39N5O3SSi/c1-16(2)22-15-30(9)26(32)31(22)23-13-20(11-12-36(17(3)4,18(5)6)19(7)8)21-14-27-25(35(10,33)34)29-24(21)28-23/h13-14,16-19,22H,15H2,1-10H3. The molecule has 10 heteroatoms. The zero-order valence-corrected chi connectivity index (χ0v) is 24.9. The third-order valence-electron chi connectivity index (χ3n) is 7.48. The van der Waals surface area contributed by atoms with E-state index >= 15 is 0 Å². The van der Waals surface area contributed by atoms with Crippen LogP contribution in [0.25, 0.3) is 11.0 Å². The Hall–Kier alpha value is -2.51. The van der Waals surface area contributed by atoms with Gasteiger partial charge in [-0.15, -0.1) is 5.54 Å². The Morgan fingerprint density at radius 2 is 1.61 bits per heavy atom. The highest BCUT2D eigenvalue weighted by Crippen LogP contribution is 2.41. The van der Waals surface area contributed by atoms with Crippen LogP contribution in [0.1, 0.15) is 61.0 Å². The lowest BCUT2D eigenvalue weighted by Crippen LogP contribution is -2.43. The molecule has 3 heterocycles. The van der Waals surface area contributed by atoms with E-state index in [0.717, 1.165) is 6.26 Å². The number of hydrogen-bond acceptors (Lipinski definition) is 6. The predicted molar refractivity (Wildman–Crippen MR) is 147 cm³/mol. The molecule has 1 aliphatic heterocycles. The van der Waals surface area contributed by atoms with E-state index in [9.17, 15) is 13.2 Å². The summed E-state index contributed by atoms with van der Waals surface area (Å²) in [6.07, 6.45) is 2.56. The molecule has 2 aromatic rings. The van der Waals surface area contributed by atoms with Crippen molar-refractivity contribution >= 4 is 40.8 Å². The number of urea groups is 1. The maximum Gasteiger partial charge on any atom is 0.325 e. The first kappa shape index (κ1) is 28.1. The second-order valence-electron chi connectivity index (χ2n) is 11.2. The molecule has 2 amide bonds. The number of fused-ring (bicyclic) bond motifs is 1. The second kappa shape index (κ2) is 10.1. The molecule has 1 aliphatic rings. The van der Waals surface area contributed by atoms with Crippen molar-refractivity contribution in [2.24, 2.45) is 5.92 Å². The van der Waals surface area contributed by atoms with Gasteiger partial charge in [-0.25, -0.2) is 23.2 Å². The zero-order chi connectivity index (χ0) is 27.2. The van der Waals surface area contributed by atoms with Crippen molar-refractivity contribution in [3.8, 4) is 11.5 Å². The van der Waals surface area contributed by atoms with E-state index in [1.54, 1.807) is 16.8 Å². The fourth-order valence-electron chi connectivity index (χ4n) is 5.54. The number of rotatable bonds is 6. The van der Waals surface area contributed by atoms with Crippen molar-refractivity contribution in [2.45, 2.75) is 83.2 Å². The molecular formula is C26H39N5O3SSi. The first-order valence-electron chi connectivity index (χ1n) is 12.6. The summed E-state index contributed by atoms with van der Waals surface area (Å²) in [4.78, 5) is 29.6. The molecule has 0 radical (unpaired) electrons. The van der Waals surface area contributed by atoms with E-state index in [4.69, 9.17) is 0 Å². The molecule has 0 N–H and O–H groups in total. The van der Waals surface area contributed by atoms with E-state index in [1.165, 1.54) is 6.20 Å². The summed E-state index contributed by atoms with van der Waals surface area (Å²) in [5.74, 6) is 4.09. The topological polar surface area (TPSA) is 96.4 Å². The maximum absolute atomic E-state index is 13.1. The number of anilines is 1. The Balaban J connectivity index is 2.34. The number of sulfone groups is 1. The van der Waals surface area contributed by atoms with Crippen LogP contribution in [0.5, 0.6) is 0 Å². The minimum Gasteiger partial charge on any atom is -0.325 e. The van der Waals surface area contributed by atoms with Crippen LogP contribution in [-0.4, -0.2) is 68.3 Å². The molecule has 0 aromatic carbocycles. The third-order valence-corrected chi connectivity index (χ3v) is 14.6. The number of nitrogens with zero attached hydrogens (tertiary/aromatic N) is 5. The smallest absolute Gasteiger partial charge is 0.325 e. The monoisotopic (exact) mass is 529 g/mol. The van der Waals surface area contributed by atoms with Crippen molar-refractivity contribution in [3.05, 3.63) is 17.8 Å². The average molecular weight is 530 g/mol. The Bertz CT molecular complexity index is 1310. The van der Waals surface area contributed by atoms with Gasteiger partial charge < -0.3 is 4.90 Å². The summed E-state index contributed by atoms with van der Waals surface area (Å²) in [7, 11) is -3.91. The minimum absolute atomic E-state index is 0.0695. The molecule has 3 rings (SSSR count). The van der Waals surface area contributed by atoms with Crippen LogP contribution in [0.15, 0.2) is 17.4 Å². The Kier molecular flexibility index (Phi) is 7.87. The van der Waals surface area contributed by atoms with Gasteiger partial charge in [0.2, 0.25) is 15.0 Å². The molecule has 0 spiro atoms. The van der Waals surface area contributed by atoms with E-state index in [1.807, 2.05) is 6.07 Å². The van der Waals surface area contributed by atoms with Crippen molar-refractivity contribution in [2.75, 3.05) is 24.7 Å². The van der Waals surface area contributed by atoms with E-state index < -0.39 is 17.9 Å². The molecule has 8 nitrogen and oxygen atoms in total. The summed E-state index contributed by atoms with van der Waals surface area (Å²) in [5.41, 5.74) is 5.97. The number of carbonyl (C=O) groups excluding carboxylic acids is 1. The normalized spacial score (nSPS) is 17.2. The fourth-order valence-corrected chi connectivity index (χ4v) is 11.3. The van der Waals surface area contributed by atoms with Crippen molar-refractivity contribution in [1.82, 2.24) is 19.9 Å². The van der Waals surface area contributed by atoms with Gasteiger partial charge >= 0.3 is 6.03 Å². The van der Waals surface area contributed by atoms with Crippen LogP contribution in [0.3, 0.4) is 0 Å². The van der Waals surface area contributed by atoms with Gasteiger partial charge in [0.1, 0.15) is 13.9 Å². The van der Waals surface area contributed by atoms with E-state index in [0.29, 0.717) is 39.9 Å². The molecule has 1 unspecified atom stereocenters. The molecule has 196 valence electrons. The SMILES string of the molecule is CC(C)C1CN(C)C(=O)N1c1cc(C#C[Si](C(C)C)(C(C)C)C(C)C)c2cnc(S(C)(=O)=O)nc2n1. The largest absolute Gasteiger partial charge is 0.325 e. The highest BCUT2D eigenvalue weighted by Gasteiger charge is 2.42. The fraction of sp³-hybridized carbons (Fsp3) is 0.615. The number of pyridine rings is 1. The first-order valence-corrected chi connectivity index (χ1v) is 16.7. The lowest BCUT2D eigenvalue weighted by atomic mass is 10.0. The number of aromatic nitrogens is 3. The van der Waals surface area contributed by atoms with Crippen LogP contribution in [0.2, 0.25) is 16.6 Å². The third kappa shape index (κ3) is 5.00. The van der Waals surface area contributed by atoms with Crippen LogP contribution in [0, 0.1) is 17.4 Å². The van der Waals surface area contributed by atoms with Gasteiger partial charge in [-0.05, 0) is 28.6 Å². The van der Waals surface area contributed by atoms with Crippen molar-refractivity contribution < 1.29 is 13.2 Å². The van der Waals surface area contributed by atoms with Crippen molar-refractivity contribution in [1.29, 1.82) is 0 Å². The van der Waals surface area contributed by atoms with Crippen LogP contribution in [-0.2, 0) is 9.84 Å². The van der Waals surface area contributed by atoms with Gasteiger partial charge in [0, 0.05) is 31.6 Å². The number of hydrogen-bond donors (Lipinski definition) is 0. The Labute approximate surface area is 216 Å². The molecular weight excluding hydrogens is 490 g/mol. The summed E-state index contributed by atoms with van der Waals surface area (Å²) < 4.78 is 24.3. The second-order valence-corrected chi connectivity index (χ2v) is 18.7. The molecule has 36 heavy (non-hydrogen) atoms. The first-order chi connectivity index (χ1) is 16.6. The van der Waals surface area contributed by atoms with Gasteiger partial charge in [-0.3, -0.25) is 4.90 Å². The summed E-state index contributed by atoms with van der Waals surface area (Å²) in [6, 6.07) is 1.62. The molecule has 0 saturated carbocycles. The van der Waals surface area contributed by atoms with Crippen LogP contribution in [0.4, 0.5) is 10.6 Å². The van der Waals surface area contributed by atoms with Crippen LogP contribution < -0.4 is 4.90 Å². The van der Waals surface area contributed by atoms with Gasteiger partial charge in [0.15, 0.2) is 5.65 Å². The lowest BCUT2D eigenvalue weighted by molar-refractivity contribution is 0.229. The molecule has 2 aromatic heterocycles. The number of likely N-dealkylation sites (N-methyl/N-ethyl adjacent to an activating group) is 1. The summed E-state index contributed by atoms with van der Waals surface area (Å²) >= 11 is 0. The molecule has 1 atom stereocenters. The minimum atomic E-state index is -3.63. The Morgan fingerprint density at radius 1 is 1.03 bits per heavy atom. The lowest BCUT2D eigenvalue weighted by Gasteiger charge is -2.38. The zero-order valence-electron chi connectivity index (χ0n) is 23.1. The number of carbonyl (C=O) groups is 1. The van der Waals surface area contributed by atoms with Crippen molar-refractivity contribution in [3.63, 3.8) is 0 Å². The van der Waals surface area contributed by atoms with Gasteiger partial charge in [0.25, 0.3) is 0 Å². The molecule has 1 saturated heterocycles. The molecule has 0 bridgehead atoms. The molecule has 0 aliphatic carbocycles. The highest BCUT2D eigenvalue weighted by molar-refractivity contribution is 7.90. The predicted octanol–water partition coefficient (Wildman–Crippen LogP) is 4.89. The summed E-state index contributed by atoms with van der Waals surface area (Å²) in [5, 5.41) is 0.290. The molecule has 1 fully saturated rings. The van der Waals surface area contributed by atoms with E-state index in [-0.39, 0.29) is 28.8 Å². The Morgan fingerprint density at radius 3 is 2.11 bits per heavy atom. The van der Waals surface area contributed by atoms with E-state index in [2.05, 4.69) is 81.8 Å². The van der Waals surface area contributed by atoms with Crippen LogP contribution >= 0.6 is 0 Å². The van der Waals surface area contributed by atoms with Gasteiger partial charge in [0.05, 0.1) is 11.4 Å². The summed E-state index contributed by atoms with van der Waals surface area (Å²) in [6.45, 7) is 18.3. The highest BCUT2D eigenvalue weighted by atomic mass is 32.2.